The van der Waals surface area contributed by atoms with Gasteiger partial charge in [-0.05, 0) is 33.3 Å². The van der Waals surface area contributed by atoms with Crippen molar-refractivity contribution in [3.05, 3.63) is 15.8 Å². The Balaban J connectivity index is 2.76. The summed E-state index contributed by atoms with van der Waals surface area (Å²) in [7, 11) is -3.55. The van der Waals surface area contributed by atoms with E-state index in [4.69, 9.17) is 5.11 Å². The van der Waals surface area contributed by atoms with Gasteiger partial charge in [0.1, 0.15) is 0 Å². The Hall–Kier alpha value is -0.920. The van der Waals surface area contributed by atoms with E-state index in [1.54, 1.807) is 19.9 Å². The van der Waals surface area contributed by atoms with Crippen molar-refractivity contribution in [2.24, 2.45) is 0 Å². The molecule has 0 aromatic carbocycles. The second-order valence-electron chi connectivity index (χ2n) is 4.23. The van der Waals surface area contributed by atoms with Crippen LogP contribution < -0.4 is 4.72 Å². The van der Waals surface area contributed by atoms with Crippen molar-refractivity contribution in [1.29, 1.82) is 0 Å². The number of carbonyl (C=O) groups is 1. The highest BCUT2D eigenvalue weighted by molar-refractivity contribution is 7.89. The van der Waals surface area contributed by atoms with Crippen molar-refractivity contribution in [2.45, 2.75) is 44.6 Å². The number of thiophene rings is 1. The summed E-state index contributed by atoms with van der Waals surface area (Å²) in [6.45, 7) is 5.27. The van der Waals surface area contributed by atoms with Gasteiger partial charge in [-0.25, -0.2) is 13.1 Å². The maximum Gasteiger partial charge on any atom is 0.303 e. The van der Waals surface area contributed by atoms with Crippen LogP contribution in [0.2, 0.25) is 0 Å². The summed E-state index contributed by atoms with van der Waals surface area (Å²) in [5.74, 6) is -0.927. The molecule has 5 nitrogen and oxygen atoms in total. The summed E-state index contributed by atoms with van der Waals surface area (Å²) in [5.41, 5.74) is 0. The zero-order chi connectivity index (χ0) is 13.9. The Morgan fingerprint density at radius 2 is 2.11 bits per heavy atom. The van der Waals surface area contributed by atoms with Crippen LogP contribution in [0.5, 0.6) is 0 Å². The molecule has 1 atom stereocenters. The lowest BCUT2D eigenvalue weighted by atomic mass is 10.2. The van der Waals surface area contributed by atoms with Gasteiger partial charge in [-0.3, -0.25) is 4.79 Å². The molecule has 0 radical (unpaired) electrons. The van der Waals surface area contributed by atoms with Gasteiger partial charge in [0.25, 0.3) is 0 Å². The van der Waals surface area contributed by atoms with Crippen molar-refractivity contribution in [3.63, 3.8) is 0 Å². The van der Waals surface area contributed by atoms with Crippen LogP contribution in [0.25, 0.3) is 0 Å². The van der Waals surface area contributed by atoms with Crippen LogP contribution in [-0.4, -0.2) is 25.5 Å². The fourth-order valence-electron chi connectivity index (χ4n) is 1.60. The molecule has 0 aliphatic rings. The number of aliphatic carboxylic acids is 1. The predicted octanol–water partition coefficient (Wildman–Crippen LogP) is 1.90. The Labute approximate surface area is 111 Å². The van der Waals surface area contributed by atoms with Crippen LogP contribution in [-0.2, 0) is 14.8 Å². The van der Waals surface area contributed by atoms with Gasteiger partial charge < -0.3 is 5.11 Å². The average Bonchev–Trinajstić information content (AvgIpc) is 2.55. The SMILES string of the molecule is Cc1cc(S(=O)(=O)NC(C)CCC(=O)O)c(C)s1. The van der Waals surface area contributed by atoms with Crippen molar-refractivity contribution in [2.75, 3.05) is 0 Å². The summed E-state index contributed by atoms with van der Waals surface area (Å²) in [4.78, 5) is 12.4. The van der Waals surface area contributed by atoms with E-state index in [0.29, 0.717) is 0 Å². The fraction of sp³-hybridized carbons (Fsp3) is 0.545. The molecular formula is C11H17NO4S2. The molecule has 1 aromatic rings. The number of carboxylic acids is 1. The zero-order valence-corrected chi connectivity index (χ0v) is 12.2. The van der Waals surface area contributed by atoms with Crippen molar-refractivity contribution >= 4 is 27.3 Å². The van der Waals surface area contributed by atoms with Crippen LogP contribution >= 0.6 is 11.3 Å². The standard InChI is InChI=1S/C11H17NO4S2/c1-7(4-5-11(13)14)12-18(15,16)10-6-8(2)17-9(10)3/h6-7,12H,4-5H2,1-3H3,(H,13,14). The first-order chi connectivity index (χ1) is 8.22. The number of nitrogens with one attached hydrogen (secondary N) is 1. The lowest BCUT2D eigenvalue weighted by Crippen LogP contribution is -2.33. The summed E-state index contributed by atoms with van der Waals surface area (Å²) < 4.78 is 26.6. The van der Waals surface area contributed by atoms with Gasteiger partial charge in [0.2, 0.25) is 10.0 Å². The zero-order valence-electron chi connectivity index (χ0n) is 10.6. The Kier molecular flexibility index (Phi) is 4.89. The molecule has 0 aliphatic carbocycles. The topological polar surface area (TPSA) is 83.5 Å². The molecule has 0 fully saturated rings. The van der Waals surface area contributed by atoms with Crippen LogP contribution in [0.3, 0.4) is 0 Å². The first-order valence-corrected chi connectivity index (χ1v) is 7.83. The number of aryl methyl sites for hydroxylation is 2. The molecule has 0 bridgehead atoms. The smallest absolute Gasteiger partial charge is 0.303 e. The van der Waals surface area contributed by atoms with Gasteiger partial charge >= 0.3 is 5.97 Å². The summed E-state index contributed by atoms with van der Waals surface area (Å²) in [6.07, 6.45) is 0.224. The molecule has 0 saturated carbocycles. The van der Waals surface area contributed by atoms with E-state index in [9.17, 15) is 13.2 Å². The Bertz CT molecular complexity index is 533. The third kappa shape index (κ3) is 4.08. The Morgan fingerprint density at radius 3 is 2.56 bits per heavy atom. The van der Waals surface area contributed by atoms with Crippen LogP contribution in [0.4, 0.5) is 0 Å². The fourth-order valence-corrected chi connectivity index (χ4v) is 4.43. The predicted molar refractivity (Wildman–Crippen MR) is 70.4 cm³/mol. The van der Waals surface area contributed by atoms with Gasteiger partial charge in [-0.1, -0.05) is 0 Å². The number of sulfonamides is 1. The highest BCUT2D eigenvalue weighted by Gasteiger charge is 2.21. The minimum Gasteiger partial charge on any atom is -0.481 e. The molecule has 0 spiro atoms. The number of hydrogen-bond acceptors (Lipinski definition) is 4. The van der Waals surface area contributed by atoms with Gasteiger partial charge in [0, 0.05) is 22.2 Å². The average molecular weight is 291 g/mol. The van der Waals surface area contributed by atoms with E-state index in [2.05, 4.69) is 4.72 Å². The summed E-state index contributed by atoms with van der Waals surface area (Å²) in [5, 5.41) is 8.55. The van der Waals surface area contributed by atoms with E-state index in [-0.39, 0.29) is 17.7 Å². The first-order valence-electron chi connectivity index (χ1n) is 5.53. The van der Waals surface area contributed by atoms with Gasteiger partial charge in [-0.2, -0.15) is 0 Å². The van der Waals surface area contributed by atoms with Gasteiger partial charge in [-0.15, -0.1) is 11.3 Å². The van der Waals surface area contributed by atoms with E-state index in [1.807, 2.05) is 6.92 Å². The molecule has 1 rings (SSSR count). The second-order valence-corrected chi connectivity index (χ2v) is 7.38. The van der Waals surface area contributed by atoms with E-state index in [1.165, 1.54) is 11.3 Å². The highest BCUT2D eigenvalue weighted by Crippen LogP contribution is 2.25. The Morgan fingerprint density at radius 1 is 1.50 bits per heavy atom. The molecule has 1 heterocycles. The lowest BCUT2D eigenvalue weighted by molar-refractivity contribution is -0.137. The van der Waals surface area contributed by atoms with E-state index >= 15 is 0 Å². The van der Waals surface area contributed by atoms with E-state index < -0.39 is 22.0 Å². The molecule has 0 saturated heterocycles. The lowest BCUT2D eigenvalue weighted by Gasteiger charge is -2.12. The molecule has 0 amide bonds. The maximum absolute atomic E-state index is 12.1. The minimum absolute atomic E-state index is 0.0503. The van der Waals surface area contributed by atoms with Gasteiger partial charge in [0.05, 0.1) is 4.90 Å². The second kappa shape index (κ2) is 5.81. The molecule has 2 N–H and O–H groups in total. The van der Waals surface area contributed by atoms with E-state index in [0.717, 1.165) is 9.75 Å². The number of rotatable bonds is 6. The third-order valence-corrected chi connectivity index (χ3v) is 5.24. The van der Waals surface area contributed by atoms with Crippen molar-refractivity contribution < 1.29 is 18.3 Å². The van der Waals surface area contributed by atoms with Crippen LogP contribution in [0.1, 0.15) is 29.5 Å². The molecular weight excluding hydrogens is 274 g/mol. The largest absolute Gasteiger partial charge is 0.481 e. The van der Waals surface area contributed by atoms with Crippen molar-refractivity contribution in [3.8, 4) is 0 Å². The molecule has 1 unspecified atom stereocenters. The molecule has 1 aromatic heterocycles. The monoisotopic (exact) mass is 291 g/mol. The number of hydrogen-bond donors (Lipinski definition) is 2. The minimum atomic E-state index is -3.55. The summed E-state index contributed by atoms with van der Waals surface area (Å²) >= 11 is 1.43. The summed E-state index contributed by atoms with van der Waals surface area (Å²) in [6, 6.07) is 1.23. The quantitative estimate of drug-likeness (QED) is 0.838. The maximum atomic E-state index is 12.1. The molecule has 7 heteroatoms. The highest BCUT2D eigenvalue weighted by atomic mass is 32.2. The van der Waals surface area contributed by atoms with Crippen molar-refractivity contribution in [1.82, 2.24) is 4.72 Å². The first kappa shape index (κ1) is 15.1. The van der Waals surface area contributed by atoms with Crippen LogP contribution in [0.15, 0.2) is 11.0 Å². The third-order valence-electron chi connectivity index (χ3n) is 2.43. The van der Waals surface area contributed by atoms with Crippen LogP contribution in [0, 0.1) is 13.8 Å². The molecule has 18 heavy (non-hydrogen) atoms. The number of carboxylic acid groups (broad SMARTS) is 1. The molecule has 102 valence electrons. The molecule has 0 aliphatic heterocycles. The normalized spacial score (nSPS) is 13.5. The van der Waals surface area contributed by atoms with Gasteiger partial charge in [0.15, 0.2) is 0 Å².